The number of carbonyl (C=O) groups excluding carboxylic acids is 1. The van der Waals surface area contributed by atoms with Gasteiger partial charge in [-0.05, 0) is 24.6 Å². The number of hydrogen-bond donors (Lipinski definition) is 0. The van der Waals surface area contributed by atoms with Crippen molar-refractivity contribution in [1.29, 1.82) is 0 Å². The number of ketones is 1. The van der Waals surface area contributed by atoms with Gasteiger partial charge < -0.3 is 4.74 Å². The van der Waals surface area contributed by atoms with Crippen LogP contribution >= 0.6 is 31.9 Å². The summed E-state index contributed by atoms with van der Waals surface area (Å²) >= 11 is 7.30. The summed E-state index contributed by atoms with van der Waals surface area (Å²) in [6, 6.07) is 15.5. The minimum Gasteiger partial charge on any atom is -0.491 e. The van der Waals surface area contributed by atoms with E-state index in [1.54, 1.807) is 0 Å². The van der Waals surface area contributed by atoms with Crippen molar-refractivity contribution in [2.75, 3.05) is 6.61 Å². The monoisotopic (exact) mass is 408 g/mol. The first-order valence-corrected chi connectivity index (χ1v) is 8.39. The number of ether oxygens (including phenoxy) is 1. The van der Waals surface area contributed by atoms with Crippen LogP contribution in [-0.4, -0.2) is 16.7 Å². The fraction of sp³-hybridized carbons (Fsp3) is 0.235. The predicted molar refractivity (Wildman–Crippen MR) is 90.8 cm³/mol. The molecule has 2 aromatic rings. The van der Waals surface area contributed by atoms with Crippen molar-refractivity contribution in [3.05, 3.63) is 65.2 Å². The number of hydrogen-bond acceptors (Lipinski definition) is 2. The summed E-state index contributed by atoms with van der Waals surface area (Å²) in [5, 5.41) is 0. The fourth-order valence-corrected chi connectivity index (χ4v) is 3.68. The zero-order valence-electron chi connectivity index (χ0n) is 11.5. The predicted octanol–water partition coefficient (Wildman–Crippen LogP) is 4.84. The van der Waals surface area contributed by atoms with Gasteiger partial charge in [-0.25, -0.2) is 0 Å². The van der Waals surface area contributed by atoms with E-state index in [0.717, 1.165) is 5.56 Å². The molecule has 108 valence electrons. The van der Waals surface area contributed by atoms with Crippen LogP contribution in [0.15, 0.2) is 48.5 Å². The molecule has 0 aromatic heterocycles. The average molecular weight is 410 g/mol. The zero-order valence-corrected chi connectivity index (χ0v) is 14.6. The number of alkyl halides is 2. The summed E-state index contributed by atoms with van der Waals surface area (Å²) in [5.74, 6) is 0.702. The molecule has 1 aliphatic heterocycles. The van der Waals surface area contributed by atoms with Crippen LogP contribution in [0.4, 0.5) is 0 Å². The van der Waals surface area contributed by atoms with Gasteiger partial charge in [-0.1, -0.05) is 73.8 Å². The van der Waals surface area contributed by atoms with Crippen LogP contribution in [0.1, 0.15) is 26.3 Å². The van der Waals surface area contributed by atoms with E-state index >= 15 is 0 Å². The molecule has 1 aliphatic rings. The molecular weight excluding hydrogens is 396 g/mol. The highest BCUT2D eigenvalue weighted by Gasteiger charge is 2.47. The highest BCUT2D eigenvalue weighted by Crippen LogP contribution is 2.46. The van der Waals surface area contributed by atoms with E-state index in [4.69, 9.17) is 4.74 Å². The van der Waals surface area contributed by atoms with E-state index < -0.39 is 4.32 Å². The van der Waals surface area contributed by atoms with Crippen molar-refractivity contribution in [3.8, 4) is 5.75 Å². The Bertz CT molecular complexity index is 681. The van der Waals surface area contributed by atoms with Crippen LogP contribution in [0, 0.1) is 6.92 Å². The largest absolute Gasteiger partial charge is 0.491 e. The van der Waals surface area contributed by atoms with E-state index in [2.05, 4.69) is 31.9 Å². The molecule has 0 fully saturated rings. The molecule has 4 heteroatoms. The molecule has 0 amide bonds. The molecule has 0 bridgehead atoms. The third-order valence-electron chi connectivity index (χ3n) is 3.72. The van der Waals surface area contributed by atoms with Crippen molar-refractivity contribution >= 4 is 37.6 Å². The summed E-state index contributed by atoms with van der Waals surface area (Å²) in [4.78, 5) is 12.7. The van der Waals surface area contributed by atoms with Crippen LogP contribution in [0.5, 0.6) is 5.75 Å². The number of halogens is 2. The quantitative estimate of drug-likeness (QED) is 0.663. The molecule has 0 N–H and O–H groups in total. The molecule has 0 saturated heterocycles. The van der Waals surface area contributed by atoms with Gasteiger partial charge in [0.25, 0.3) is 0 Å². The molecule has 0 radical (unpaired) electrons. The summed E-state index contributed by atoms with van der Waals surface area (Å²) in [6.07, 6.45) is 0. The molecule has 3 rings (SSSR count). The Labute approximate surface area is 140 Å². The maximum Gasteiger partial charge on any atom is 0.188 e. The first-order valence-electron chi connectivity index (χ1n) is 6.68. The smallest absolute Gasteiger partial charge is 0.188 e. The zero-order chi connectivity index (χ0) is 15.0. The Morgan fingerprint density at radius 1 is 1.14 bits per heavy atom. The van der Waals surface area contributed by atoms with Crippen molar-refractivity contribution in [3.63, 3.8) is 0 Å². The van der Waals surface area contributed by atoms with Crippen LogP contribution in [-0.2, 0) is 0 Å². The molecule has 2 aromatic carbocycles. The molecule has 0 spiro atoms. The van der Waals surface area contributed by atoms with Crippen LogP contribution in [0.3, 0.4) is 0 Å². The van der Waals surface area contributed by atoms with Crippen molar-refractivity contribution in [2.45, 2.75) is 16.1 Å². The number of carbonyl (C=O) groups is 1. The van der Waals surface area contributed by atoms with Crippen LogP contribution in [0.25, 0.3) is 0 Å². The molecule has 0 saturated carbocycles. The second kappa shape index (κ2) is 5.58. The molecule has 2 atom stereocenters. The maximum absolute atomic E-state index is 12.9. The van der Waals surface area contributed by atoms with Gasteiger partial charge in [-0.3, -0.25) is 4.79 Å². The van der Waals surface area contributed by atoms with Crippen molar-refractivity contribution in [1.82, 2.24) is 0 Å². The summed E-state index contributed by atoms with van der Waals surface area (Å²) in [6.45, 7) is 2.34. The first-order chi connectivity index (χ1) is 10.0. The lowest BCUT2D eigenvalue weighted by atomic mass is 9.89. The van der Waals surface area contributed by atoms with Crippen molar-refractivity contribution < 1.29 is 9.53 Å². The third kappa shape index (κ3) is 2.55. The van der Waals surface area contributed by atoms with Gasteiger partial charge in [0.1, 0.15) is 16.7 Å². The fourth-order valence-electron chi connectivity index (χ4n) is 2.44. The molecule has 0 unspecified atom stereocenters. The van der Waals surface area contributed by atoms with Gasteiger partial charge in [0.15, 0.2) is 5.78 Å². The number of aryl methyl sites for hydroxylation is 1. The van der Waals surface area contributed by atoms with Gasteiger partial charge in [-0.15, -0.1) is 0 Å². The summed E-state index contributed by atoms with van der Waals surface area (Å²) in [7, 11) is 0. The number of Topliss-reactive ketones (excluding diaryl/α,β-unsaturated/α-hetero) is 1. The summed E-state index contributed by atoms with van der Waals surface area (Å²) in [5.41, 5.74) is 2.87. The second-order valence-electron chi connectivity index (χ2n) is 5.25. The van der Waals surface area contributed by atoms with Gasteiger partial charge in [0.2, 0.25) is 0 Å². The lowest BCUT2D eigenvalue weighted by Crippen LogP contribution is -2.45. The van der Waals surface area contributed by atoms with E-state index in [9.17, 15) is 4.79 Å². The Hall–Kier alpha value is -1.13. The summed E-state index contributed by atoms with van der Waals surface area (Å²) < 4.78 is 4.98. The number of benzene rings is 2. The van der Waals surface area contributed by atoms with E-state index in [-0.39, 0.29) is 10.6 Å². The number of rotatable bonds is 2. The third-order valence-corrected chi connectivity index (χ3v) is 6.69. The molecule has 1 heterocycles. The lowest BCUT2D eigenvalue weighted by Gasteiger charge is -2.35. The maximum atomic E-state index is 12.9. The molecule has 21 heavy (non-hydrogen) atoms. The standard InChI is InChI=1S/C17H14Br2O2/c1-11-6-8-12(9-7-11)15(18)17(19)10-21-14-5-3-2-4-13(14)16(17)20/h2-9,15H,10H2,1H3/t15-,17-/m0/s1. The first kappa shape index (κ1) is 14.8. The lowest BCUT2D eigenvalue weighted by molar-refractivity contribution is 0.0873. The Morgan fingerprint density at radius 2 is 1.81 bits per heavy atom. The Morgan fingerprint density at radius 3 is 2.52 bits per heavy atom. The SMILES string of the molecule is Cc1ccc([C@H](Br)[C@@]2(Br)COc3ccccc3C2=O)cc1. The normalized spacial score (nSPS) is 22.3. The molecule has 2 nitrogen and oxygen atoms in total. The Balaban J connectivity index is 1.98. The number of para-hydroxylation sites is 1. The van der Waals surface area contributed by atoms with Crippen LogP contribution in [0.2, 0.25) is 0 Å². The van der Waals surface area contributed by atoms with E-state index in [1.807, 2.05) is 55.5 Å². The average Bonchev–Trinajstić information content (AvgIpc) is 2.51. The van der Waals surface area contributed by atoms with E-state index in [1.165, 1.54) is 5.56 Å². The minimum absolute atomic E-state index is 0.0480. The highest BCUT2D eigenvalue weighted by molar-refractivity contribution is 9.12. The number of fused-ring (bicyclic) bond motifs is 1. The van der Waals surface area contributed by atoms with Crippen LogP contribution < -0.4 is 4.74 Å². The molecular formula is C17H14Br2O2. The van der Waals surface area contributed by atoms with Gasteiger partial charge >= 0.3 is 0 Å². The van der Waals surface area contributed by atoms with Gasteiger partial charge in [0.05, 0.1) is 10.4 Å². The van der Waals surface area contributed by atoms with E-state index in [0.29, 0.717) is 17.9 Å². The van der Waals surface area contributed by atoms with Gasteiger partial charge in [0, 0.05) is 0 Å². The topological polar surface area (TPSA) is 26.3 Å². The molecule has 0 aliphatic carbocycles. The Kier molecular flexibility index (Phi) is 3.93. The van der Waals surface area contributed by atoms with Gasteiger partial charge in [-0.2, -0.15) is 0 Å². The highest BCUT2D eigenvalue weighted by atomic mass is 79.9. The van der Waals surface area contributed by atoms with Crippen molar-refractivity contribution in [2.24, 2.45) is 0 Å². The second-order valence-corrected chi connectivity index (χ2v) is 7.58. The minimum atomic E-state index is -0.795.